The minimum atomic E-state index is -0.516. The SMILES string of the molecule is C=C(C)C(=O)OCCCCCCCCCCCCOc1ccc2c(C)c(Cl)c(=O)oc2c1. The summed E-state index contributed by atoms with van der Waals surface area (Å²) in [5, 5.41) is 0.959. The Hall–Kier alpha value is -2.27. The largest absolute Gasteiger partial charge is 0.493 e. The summed E-state index contributed by atoms with van der Waals surface area (Å²) < 4.78 is 16.2. The van der Waals surface area contributed by atoms with Gasteiger partial charge in [-0.15, -0.1) is 0 Å². The summed E-state index contributed by atoms with van der Waals surface area (Å²) in [6, 6.07) is 5.52. The molecule has 0 unspecified atom stereocenters. The monoisotopic (exact) mass is 462 g/mol. The van der Waals surface area contributed by atoms with Crippen LogP contribution in [0.5, 0.6) is 5.75 Å². The van der Waals surface area contributed by atoms with E-state index < -0.39 is 5.63 Å². The van der Waals surface area contributed by atoms with Crippen molar-refractivity contribution in [2.45, 2.75) is 78.1 Å². The van der Waals surface area contributed by atoms with E-state index in [-0.39, 0.29) is 11.0 Å². The fourth-order valence-electron chi connectivity index (χ4n) is 3.50. The molecule has 0 N–H and O–H groups in total. The van der Waals surface area contributed by atoms with Crippen molar-refractivity contribution in [1.29, 1.82) is 0 Å². The topological polar surface area (TPSA) is 65.7 Å². The number of rotatable bonds is 15. The summed E-state index contributed by atoms with van der Waals surface area (Å²) in [6.07, 6.45) is 11.6. The molecular weight excluding hydrogens is 428 g/mol. The first kappa shape index (κ1) is 26.0. The fourth-order valence-corrected chi connectivity index (χ4v) is 3.64. The maximum atomic E-state index is 11.7. The Morgan fingerprint density at radius 1 is 0.969 bits per heavy atom. The molecule has 1 aromatic carbocycles. The first-order valence-corrected chi connectivity index (χ1v) is 12.0. The molecule has 0 radical (unpaired) electrons. The first-order valence-electron chi connectivity index (χ1n) is 11.6. The predicted molar refractivity (Wildman–Crippen MR) is 130 cm³/mol. The molecule has 176 valence electrons. The molecule has 2 aromatic rings. The summed E-state index contributed by atoms with van der Waals surface area (Å²) in [6.45, 7) is 8.19. The van der Waals surface area contributed by atoms with Crippen molar-refractivity contribution < 1.29 is 18.7 Å². The van der Waals surface area contributed by atoms with Gasteiger partial charge in [0.15, 0.2) is 0 Å². The molecule has 0 bridgehead atoms. The van der Waals surface area contributed by atoms with Gasteiger partial charge in [0.1, 0.15) is 16.4 Å². The maximum absolute atomic E-state index is 11.7. The van der Waals surface area contributed by atoms with Crippen LogP contribution in [-0.2, 0) is 9.53 Å². The van der Waals surface area contributed by atoms with E-state index >= 15 is 0 Å². The van der Waals surface area contributed by atoms with Gasteiger partial charge in [0.05, 0.1) is 13.2 Å². The Morgan fingerprint density at radius 2 is 1.53 bits per heavy atom. The number of unbranched alkanes of at least 4 members (excludes halogenated alkanes) is 9. The van der Waals surface area contributed by atoms with Gasteiger partial charge < -0.3 is 13.9 Å². The van der Waals surface area contributed by atoms with E-state index in [2.05, 4.69) is 6.58 Å². The highest BCUT2D eigenvalue weighted by atomic mass is 35.5. The minimum absolute atomic E-state index is 0.132. The number of benzene rings is 1. The Bertz CT molecular complexity index is 947. The van der Waals surface area contributed by atoms with Gasteiger partial charge in [-0.1, -0.05) is 69.5 Å². The van der Waals surface area contributed by atoms with Crippen LogP contribution in [0, 0.1) is 6.92 Å². The molecule has 0 saturated heterocycles. The van der Waals surface area contributed by atoms with Crippen LogP contribution in [0.2, 0.25) is 5.02 Å². The van der Waals surface area contributed by atoms with Crippen LogP contribution >= 0.6 is 11.6 Å². The van der Waals surface area contributed by atoms with Gasteiger partial charge in [0.2, 0.25) is 0 Å². The van der Waals surface area contributed by atoms with Crippen LogP contribution in [0.1, 0.15) is 76.7 Å². The lowest BCUT2D eigenvalue weighted by molar-refractivity contribution is -0.139. The van der Waals surface area contributed by atoms with E-state index in [1.54, 1.807) is 13.0 Å². The summed E-state index contributed by atoms with van der Waals surface area (Å²) >= 11 is 5.96. The second-order valence-corrected chi connectivity index (χ2v) is 8.66. The van der Waals surface area contributed by atoms with Gasteiger partial charge >= 0.3 is 11.6 Å². The molecule has 1 aromatic heterocycles. The Labute approximate surface area is 195 Å². The van der Waals surface area contributed by atoms with Crippen LogP contribution < -0.4 is 10.4 Å². The maximum Gasteiger partial charge on any atom is 0.355 e. The molecule has 1 heterocycles. The molecular formula is C26H35ClO5. The number of aryl methyl sites for hydroxylation is 1. The zero-order chi connectivity index (χ0) is 23.3. The van der Waals surface area contributed by atoms with Crippen molar-refractivity contribution in [1.82, 2.24) is 0 Å². The van der Waals surface area contributed by atoms with Crippen molar-refractivity contribution in [2.24, 2.45) is 0 Å². The van der Waals surface area contributed by atoms with Crippen LogP contribution in [0.4, 0.5) is 0 Å². The lowest BCUT2D eigenvalue weighted by Gasteiger charge is -2.08. The molecule has 0 aliphatic carbocycles. The van der Waals surface area contributed by atoms with Gasteiger partial charge in [-0.25, -0.2) is 9.59 Å². The zero-order valence-corrected chi connectivity index (χ0v) is 20.1. The normalized spacial score (nSPS) is 11.0. The molecule has 0 aliphatic heterocycles. The van der Waals surface area contributed by atoms with Gasteiger partial charge in [-0.3, -0.25) is 0 Å². The highest BCUT2D eigenvalue weighted by Gasteiger charge is 2.10. The highest BCUT2D eigenvalue weighted by Crippen LogP contribution is 2.26. The van der Waals surface area contributed by atoms with Crippen molar-refractivity contribution in [3.05, 3.63) is 51.4 Å². The number of carbonyl (C=O) groups excluding carboxylic acids is 1. The van der Waals surface area contributed by atoms with E-state index in [1.165, 1.54) is 38.5 Å². The van der Waals surface area contributed by atoms with Gasteiger partial charge in [-0.2, -0.15) is 0 Å². The first-order chi connectivity index (χ1) is 15.4. The molecule has 0 saturated carbocycles. The number of fused-ring (bicyclic) bond motifs is 1. The third kappa shape index (κ3) is 8.70. The average Bonchev–Trinajstić information content (AvgIpc) is 2.77. The van der Waals surface area contributed by atoms with Crippen molar-refractivity contribution in [3.63, 3.8) is 0 Å². The number of esters is 1. The summed E-state index contributed by atoms with van der Waals surface area (Å²) in [5.74, 6) is 0.415. The van der Waals surface area contributed by atoms with Gasteiger partial charge in [0, 0.05) is 17.0 Å². The zero-order valence-electron chi connectivity index (χ0n) is 19.3. The van der Waals surface area contributed by atoms with Gasteiger partial charge in [-0.05, 0) is 44.4 Å². The predicted octanol–water partition coefficient (Wildman–Crippen LogP) is 7.15. The number of ether oxygens (including phenoxy) is 2. The van der Waals surface area contributed by atoms with Crippen molar-refractivity contribution in [2.75, 3.05) is 13.2 Å². The minimum Gasteiger partial charge on any atom is -0.493 e. The van der Waals surface area contributed by atoms with Crippen molar-refractivity contribution >= 4 is 28.5 Å². The molecule has 5 nitrogen and oxygen atoms in total. The molecule has 0 atom stereocenters. The Balaban J connectivity index is 1.47. The molecule has 6 heteroatoms. The number of carbonyl (C=O) groups is 1. The Morgan fingerprint density at radius 3 is 2.12 bits per heavy atom. The highest BCUT2D eigenvalue weighted by molar-refractivity contribution is 6.31. The third-order valence-corrected chi connectivity index (χ3v) is 5.89. The molecule has 0 amide bonds. The number of halogens is 1. The van der Waals surface area contributed by atoms with Crippen LogP contribution in [0.15, 0.2) is 39.6 Å². The second kappa shape index (κ2) is 14.0. The quantitative estimate of drug-likeness (QED) is 0.122. The Kier molecular flexibility index (Phi) is 11.4. The van der Waals surface area contributed by atoms with E-state index in [0.29, 0.717) is 30.1 Å². The van der Waals surface area contributed by atoms with Crippen LogP contribution in [-0.4, -0.2) is 19.2 Å². The van der Waals surface area contributed by atoms with E-state index in [4.69, 9.17) is 25.5 Å². The molecule has 2 rings (SSSR count). The third-order valence-electron chi connectivity index (χ3n) is 5.46. The molecule has 0 aliphatic rings. The smallest absolute Gasteiger partial charge is 0.355 e. The molecule has 0 spiro atoms. The van der Waals surface area contributed by atoms with Crippen LogP contribution in [0.25, 0.3) is 11.0 Å². The fraction of sp³-hybridized carbons (Fsp3) is 0.538. The number of hydrogen-bond acceptors (Lipinski definition) is 5. The van der Waals surface area contributed by atoms with E-state index in [1.807, 2.05) is 19.1 Å². The van der Waals surface area contributed by atoms with Crippen LogP contribution in [0.3, 0.4) is 0 Å². The second-order valence-electron chi connectivity index (χ2n) is 8.29. The van der Waals surface area contributed by atoms with E-state index in [9.17, 15) is 9.59 Å². The lowest BCUT2D eigenvalue weighted by atomic mass is 10.1. The summed E-state index contributed by atoms with van der Waals surface area (Å²) in [4.78, 5) is 23.0. The average molecular weight is 463 g/mol. The van der Waals surface area contributed by atoms with E-state index in [0.717, 1.165) is 36.6 Å². The lowest BCUT2D eigenvalue weighted by Crippen LogP contribution is -2.05. The summed E-state index contributed by atoms with van der Waals surface area (Å²) in [5.41, 5.74) is 1.18. The molecule has 0 fully saturated rings. The number of hydrogen-bond donors (Lipinski definition) is 0. The molecule has 32 heavy (non-hydrogen) atoms. The summed E-state index contributed by atoms with van der Waals surface area (Å²) in [7, 11) is 0. The standard InChI is InChI=1S/C26H35ClO5/c1-19(2)25(28)31-17-13-11-9-7-5-4-6-8-10-12-16-30-21-14-15-22-20(3)24(27)26(29)32-23(22)18-21/h14-15,18H,1,4-13,16-17H2,2-3H3. The van der Waals surface area contributed by atoms with Crippen molar-refractivity contribution in [3.8, 4) is 5.75 Å². The van der Waals surface area contributed by atoms with Gasteiger partial charge in [0.25, 0.3) is 0 Å².